The number of likely N-dealkylation sites (tertiary alicyclic amines) is 1. The maximum atomic E-state index is 14.4. The van der Waals surface area contributed by atoms with Gasteiger partial charge in [-0.1, -0.05) is 0 Å². The summed E-state index contributed by atoms with van der Waals surface area (Å²) in [5.41, 5.74) is -1.91. The first kappa shape index (κ1) is 19.8. The summed E-state index contributed by atoms with van der Waals surface area (Å²) in [6, 6.07) is 0.547. The number of hydrogen-bond donors (Lipinski definition) is 1. The fourth-order valence-corrected chi connectivity index (χ4v) is 3.28. The molecule has 0 radical (unpaired) electrons. The van der Waals surface area contributed by atoms with E-state index in [9.17, 15) is 26.7 Å². The van der Waals surface area contributed by atoms with Gasteiger partial charge in [0.2, 0.25) is 11.2 Å². The molecule has 0 unspecified atom stereocenters. The fraction of sp³-hybridized carbons (Fsp3) is 0.357. The molecule has 1 aliphatic rings. The van der Waals surface area contributed by atoms with E-state index in [0.29, 0.717) is 6.07 Å². The average Bonchev–Trinajstić information content (AvgIpc) is 2.91. The number of nitrogens with zero attached hydrogens (tertiary/aromatic N) is 3. The van der Waals surface area contributed by atoms with Crippen LogP contribution in [0.4, 0.5) is 26.7 Å². The molecule has 2 aromatic rings. The number of benzene rings is 1. The average molecular weight is 477 g/mol. The molecule has 0 saturated carbocycles. The quantitative estimate of drug-likeness (QED) is 0.517. The van der Waals surface area contributed by atoms with Crippen LogP contribution in [0.15, 0.2) is 10.5 Å². The molecular formula is C14H8BrClF5N3O3. The molecule has 3 rings (SSSR count). The first-order valence-corrected chi connectivity index (χ1v) is 8.37. The molecule has 6 nitrogen and oxygen atoms in total. The number of aromatic nitrogens is 2. The van der Waals surface area contributed by atoms with Gasteiger partial charge in [-0.25, -0.2) is 18.6 Å². The molecule has 0 aliphatic carbocycles. The van der Waals surface area contributed by atoms with Crippen LogP contribution in [0.5, 0.6) is 5.88 Å². The van der Waals surface area contributed by atoms with Gasteiger partial charge in [0.05, 0.1) is 28.5 Å². The largest absolute Gasteiger partial charge is 0.469 e. The van der Waals surface area contributed by atoms with Gasteiger partial charge in [-0.2, -0.15) is 18.2 Å². The molecule has 1 aromatic heterocycles. The maximum absolute atomic E-state index is 14.4. The number of ether oxygens (including phenoxy) is 1. The van der Waals surface area contributed by atoms with E-state index >= 15 is 0 Å². The minimum atomic E-state index is -4.90. The second-order valence-corrected chi connectivity index (χ2v) is 6.73. The molecule has 0 spiro atoms. The van der Waals surface area contributed by atoms with Crippen LogP contribution in [-0.2, 0) is 6.18 Å². The Bertz CT molecular complexity index is 929. The number of carboxylic acid groups (broad SMARTS) is 1. The molecule has 0 bridgehead atoms. The molecule has 13 heteroatoms. The topological polar surface area (TPSA) is 75.5 Å². The Balaban J connectivity index is 2.10. The SMILES string of the molecule is O=C(O)N1C[C@H](Oc2nc(Cl)nc3c(F)c(Br)c(C(F)(F)F)cc23)[C@@H](F)C1. The first-order valence-electron chi connectivity index (χ1n) is 7.20. The molecule has 146 valence electrons. The van der Waals surface area contributed by atoms with Crippen molar-refractivity contribution in [2.75, 3.05) is 13.1 Å². The summed E-state index contributed by atoms with van der Waals surface area (Å²) in [6.07, 6.45) is -9.40. The van der Waals surface area contributed by atoms with Crippen LogP contribution < -0.4 is 4.74 Å². The van der Waals surface area contributed by atoms with Gasteiger partial charge in [0.15, 0.2) is 18.1 Å². The monoisotopic (exact) mass is 475 g/mol. The Labute approximate surface area is 161 Å². The summed E-state index contributed by atoms with van der Waals surface area (Å²) in [6.45, 7) is -0.866. The standard InChI is InChI=1S/C14H8BrClF5N3O3/c15-8-5(14(19,20)21)1-4-10(9(8)18)22-12(16)23-11(4)27-7-3-24(13(25)26)2-6(7)17/h1,6-7H,2-3H2,(H,25,26)/t6-,7-/m0/s1. The highest BCUT2D eigenvalue weighted by atomic mass is 79.9. The van der Waals surface area contributed by atoms with Crippen molar-refractivity contribution in [1.29, 1.82) is 0 Å². The van der Waals surface area contributed by atoms with Crippen molar-refractivity contribution >= 4 is 44.5 Å². The molecule has 2 heterocycles. The van der Waals surface area contributed by atoms with Crippen molar-refractivity contribution in [3.8, 4) is 5.88 Å². The molecule has 2 atom stereocenters. The zero-order valence-corrected chi connectivity index (χ0v) is 15.2. The van der Waals surface area contributed by atoms with Crippen molar-refractivity contribution in [2.24, 2.45) is 0 Å². The first-order chi connectivity index (χ1) is 12.5. The highest BCUT2D eigenvalue weighted by Crippen LogP contribution is 2.41. The van der Waals surface area contributed by atoms with Crippen molar-refractivity contribution in [1.82, 2.24) is 14.9 Å². The minimum Gasteiger partial charge on any atom is -0.469 e. The van der Waals surface area contributed by atoms with E-state index in [-0.39, 0.29) is 6.54 Å². The van der Waals surface area contributed by atoms with Gasteiger partial charge in [0, 0.05) is 0 Å². The van der Waals surface area contributed by atoms with Crippen LogP contribution in [-0.4, -0.2) is 51.4 Å². The normalized spacial score (nSPS) is 20.3. The second kappa shape index (κ2) is 6.89. The van der Waals surface area contributed by atoms with E-state index in [0.717, 1.165) is 4.90 Å². The van der Waals surface area contributed by atoms with Crippen molar-refractivity contribution < 1.29 is 36.6 Å². The fourth-order valence-electron chi connectivity index (χ4n) is 2.59. The summed E-state index contributed by atoms with van der Waals surface area (Å²) in [7, 11) is 0. The van der Waals surface area contributed by atoms with Crippen molar-refractivity contribution in [3.05, 3.63) is 27.2 Å². The summed E-state index contributed by atoms with van der Waals surface area (Å²) in [5, 5.41) is 7.89. The molecule has 1 N–H and O–H groups in total. The van der Waals surface area contributed by atoms with Crippen LogP contribution in [0.2, 0.25) is 5.28 Å². The second-order valence-electron chi connectivity index (χ2n) is 5.60. The van der Waals surface area contributed by atoms with Gasteiger partial charge in [-0.05, 0) is 33.6 Å². The minimum absolute atomic E-state index is 0.384. The van der Waals surface area contributed by atoms with E-state index in [1.807, 2.05) is 0 Å². The van der Waals surface area contributed by atoms with Crippen LogP contribution in [0, 0.1) is 5.82 Å². The molecule has 1 amide bonds. The smallest absolute Gasteiger partial charge is 0.417 e. The molecule has 1 aliphatic heterocycles. The number of fused-ring (bicyclic) bond motifs is 1. The lowest BCUT2D eigenvalue weighted by molar-refractivity contribution is -0.138. The zero-order chi connectivity index (χ0) is 20.1. The van der Waals surface area contributed by atoms with Crippen LogP contribution in [0.25, 0.3) is 10.9 Å². The third-order valence-electron chi connectivity index (χ3n) is 3.85. The lowest BCUT2D eigenvalue weighted by Gasteiger charge is -2.17. The van der Waals surface area contributed by atoms with Gasteiger partial charge >= 0.3 is 12.3 Å². The Morgan fingerprint density at radius 3 is 2.59 bits per heavy atom. The summed E-state index contributed by atoms with van der Waals surface area (Å²) < 4.78 is 72.2. The number of amides is 1. The van der Waals surface area contributed by atoms with E-state index < -0.39 is 69.0 Å². The highest BCUT2D eigenvalue weighted by Gasteiger charge is 2.39. The van der Waals surface area contributed by atoms with E-state index in [1.165, 1.54) is 0 Å². The van der Waals surface area contributed by atoms with Crippen molar-refractivity contribution in [2.45, 2.75) is 18.5 Å². The summed E-state index contributed by atoms with van der Waals surface area (Å²) in [5.74, 6) is -1.92. The van der Waals surface area contributed by atoms with Crippen LogP contribution >= 0.6 is 27.5 Å². The Morgan fingerprint density at radius 1 is 1.37 bits per heavy atom. The predicted molar refractivity (Wildman–Crippen MR) is 86.1 cm³/mol. The lowest BCUT2D eigenvalue weighted by Crippen LogP contribution is -2.30. The van der Waals surface area contributed by atoms with E-state index in [2.05, 4.69) is 25.9 Å². The highest BCUT2D eigenvalue weighted by molar-refractivity contribution is 9.10. The van der Waals surface area contributed by atoms with Gasteiger partial charge in [-0.15, -0.1) is 0 Å². The van der Waals surface area contributed by atoms with Gasteiger partial charge < -0.3 is 14.7 Å². The van der Waals surface area contributed by atoms with E-state index in [1.54, 1.807) is 0 Å². The number of alkyl halides is 4. The predicted octanol–water partition coefficient (Wildman–Crippen LogP) is 4.28. The summed E-state index contributed by atoms with van der Waals surface area (Å²) >= 11 is 8.21. The third kappa shape index (κ3) is 3.72. The Kier molecular flexibility index (Phi) is 5.06. The summed E-state index contributed by atoms with van der Waals surface area (Å²) in [4.78, 5) is 18.8. The zero-order valence-electron chi connectivity index (χ0n) is 12.9. The maximum Gasteiger partial charge on any atom is 0.417 e. The van der Waals surface area contributed by atoms with Crippen molar-refractivity contribution in [3.63, 3.8) is 0 Å². The molecular weight excluding hydrogens is 469 g/mol. The van der Waals surface area contributed by atoms with Gasteiger partial charge in [-0.3, -0.25) is 0 Å². The third-order valence-corrected chi connectivity index (χ3v) is 4.79. The van der Waals surface area contributed by atoms with E-state index in [4.69, 9.17) is 21.4 Å². The number of rotatable bonds is 2. The Morgan fingerprint density at radius 2 is 2.04 bits per heavy atom. The van der Waals surface area contributed by atoms with Crippen LogP contribution in [0.3, 0.4) is 0 Å². The molecule has 1 saturated heterocycles. The number of carbonyl (C=O) groups is 1. The number of halogens is 7. The van der Waals surface area contributed by atoms with Crippen LogP contribution in [0.1, 0.15) is 5.56 Å². The molecule has 27 heavy (non-hydrogen) atoms. The lowest BCUT2D eigenvalue weighted by atomic mass is 10.1. The van der Waals surface area contributed by atoms with Gasteiger partial charge in [0.1, 0.15) is 5.52 Å². The molecule has 1 fully saturated rings. The molecule has 1 aromatic carbocycles. The number of hydrogen-bond acceptors (Lipinski definition) is 4. The van der Waals surface area contributed by atoms with Gasteiger partial charge in [0.25, 0.3) is 0 Å². The Hall–Kier alpha value is -1.95.